The van der Waals surface area contributed by atoms with Gasteiger partial charge in [-0.3, -0.25) is 0 Å². The Kier molecular flexibility index (Phi) is 6.06. The zero-order valence-electron chi connectivity index (χ0n) is 14.0. The van der Waals surface area contributed by atoms with Gasteiger partial charge in [-0.15, -0.1) is 0 Å². The molecule has 0 aliphatic carbocycles. The van der Waals surface area contributed by atoms with Crippen LogP contribution in [-0.2, 0) is 8.23 Å². The van der Waals surface area contributed by atoms with Crippen molar-refractivity contribution in [2.24, 2.45) is 0 Å². The molecule has 0 aromatic heterocycles. The second-order valence-electron chi connectivity index (χ2n) is 8.14. The van der Waals surface area contributed by atoms with Gasteiger partial charge in [0.05, 0.1) is 8.07 Å². The molecule has 0 spiro atoms. The standard InChI is InChI=1S/C12H32O2Si4/c1-15(2,3)11-12-18(10,13-16(4,5)6)14-17(7,8)9/h11-12H,1-10H3/b12-11+. The van der Waals surface area contributed by atoms with Crippen LogP contribution in [0.1, 0.15) is 0 Å². The zero-order valence-corrected chi connectivity index (χ0v) is 18.0. The Hall–Kier alpha value is 0.528. The van der Waals surface area contributed by atoms with Crippen molar-refractivity contribution >= 4 is 33.3 Å². The molecular formula is C12H32O2Si4. The molecule has 0 saturated heterocycles. The first-order chi connectivity index (χ1) is 7.62. The fraction of sp³-hybridized carbons (Fsp3) is 0.833. The third-order valence-electron chi connectivity index (χ3n) is 1.90. The van der Waals surface area contributed by atoms with Gasteiger partial charge in [0.25, 0.3) is 0 Å². The van der Waals surface area contributed by atoms with Crippen LogP contribution >= 0.6 is 0 Å². The van der Waals surface area contributed by atoms with E-state index < -0.39 is 33.3 Å². The van der Waals surface area contributed by atoms with Crippen molar-refractivity contribution in [1.82, 2.24) is 0 Å². The molecule has 0 N–H and O–H groups in total. The lowest BCUT2D eigenvalue weighted by molar-refractivity contribution is 0.403. The van der Waals surface area contributed by atoms with E-state index in [1.54, 1.807) is 0 Å². The monoisotopic (exact) mass is 320 g/mol. The quantitative estimate of drug-likeness (QED) is 0.658. The molecule has 0 fully saturated rings. The zero-order chi connectivity index (χ0) is 14.8. The first-order valence-electron chi connectivity index (χ1n) is 6.73. The summed E-state index contributed by atoms with van der Waals surface area (Å²) in [6.45, 7) is 22.7. The molecule has 0 atom stereocenters. The maximum absolute atomic E-state index is 6.42. The Balaban J connectivity index is 5.11. The lowest BCUT2D eigenvalue weighted by atomic mass is 11.2. The van der Waals surface area contributed by atoms with E-state index >= 15 is 0 Å². The molecule has 0 amide bonds. The third-order valence-corrected chi connectivity index (χ3v) is 12.3. The summed E-state index contributed by atoms with van der Waals surface area (Å²) in [6, 6.07) is 0. The van der Waals surface area contributed by atoms with Gasteiger partial charge in [0, 0.05) is 0 Å². The molecule has 2 nitrogen and oxygen atoms in total. The minimum Gasteiger partial charge on any atom is -0.434 e. The van der Waals surface area contributed by atoms with Crippen LogP contribution < -0.4 is 0 Å². The Labute approximate surface area is 118 Å². The summed E-state index contributed by atoms with van der Waals surface area (Å²) in [5, 5.41) is 0. The predicted octanol–water partition coefficient (Wildman–Crippen LogP) is 4.73. The maximum atomic E-state index is 6.42. The Bertz CT molecular complexity index is 279. The van der Waals surface area contributed by atoms with Crippen LogP contribution in [0.3, 0.4) is 0 Å². The minimum atomic E-state index is -2.15. The fourth-order valence-electron chi connectivity index (χ4n) is 1.71. The van der Waals surface area contributed by atoms with Crippen LogP contribution in [0.15, 0.2) is 11.4 Å². The van der Waals surface area contributed by atoms with Crippen molar-refractivity contribution in [3.8, 4) is 0 Å². The van der Waals surface area contributed by atoms with Gasteiger partial charge in [-0.05, 0) is 45.8 Å². The molecule has 0 saturated carbocycles. The van der Waals surface area contributed by atoms with Crippen LogP contribution in [0.4, 0.5) is 0 Å². The summed E-state index contributed by atoms with van der Waals surface area (Å²) in [6.07, 6.45) is 0. The molecule has 0 heterocycles. The van der Waals surface area contributed by atoms with Crippen LogP contribution in [0.25, 0.3) is 0 Å². The Morgan fingerprint density at radius 1 is 0.556 bits per heavy atom. The van der Waals surface area contributed by atoms with Crippen LogP contribution in [0.5, 0.6) is 0 Å². The molecule has 0 radical (unpaired) electrons. The van der Waals surface area contributed by atoms with Gasteiger partial charge in [0.1, 0.15) is 0 Å². The highest BCUT2D eigenvalue weighted by atomic mass is 28.5. The van der Waals surface area contributed by atoms with E-state index in [0.717, 1.165) is 0 Å². The summed E-state index contributed by atoms with van der Waals surface area (Å²) in [5.74, 6) is 0. The van der Waals surface area contributed by atoms with E-state index in [9.17, 15) is 0 Å². The van der Waals surface area contributed by atoms with Gasteiger partial charge in [0.15, 0.2) is 16.6 Å². The first-order valence-corrected chi connectivity index (χ1v) is 19.5. The van der Waals surface area contributed by atoms with Crippen molar-refractivity contribution in [2.75, 3.05) is 0 Å². The number of hydrogen-bond donors (Lipinski definition) is 0. The van der Waals surface area contributed by atoms with Gasteiger partial charge in [-0.1, -0.05) is 31.0 Å². The van der Waals surface area contributed by atoms with E-state index in [1.807, 2.05) is 0 Å². The Morgan fingerprint density at radius 2 is 0.889 bits per heavy atom. The smallest absolute Gasteiger partial charge is 0.340 e. The maximum Gasteiger partial charge on any atom is 0.340 e. The first kappa shape index (κ1) is 18.5. The van der Waals surface area contributed by atoms with Gasteiger partial charge in [-0.25, -0.2) is 0 Å². The highest BCUT2D eigenvalue weighted by molar-refractivity contribution is 6.91. The van der Waals surface area contributed by atoms with Gasteiger partial charge < -0.3 is 8.23 Å². The SMILES string of the molecule is C[Si](C)(C)/C=C/[Si](C)(O[Si](C)(C)C)O[Si](C)(C)C. The van der Waals surface area contributed by atoms with Crippen LogP contribution in [-0.4, -0.2) is 33.3 Å². The molecule has 0 bridgehead atoms. The number of rotatable bonds is 6. The second-order valence-corrected chi connectivity index (χ2v) is 25.7. The lowest BCUT2D eigenvalue weighted by Gasteiger charge is -2.36. The summed E-state index contributed by atoms with van der Waals surface area (Å²) >= 11 is 0. The molecule has 0 aliphatic rings. The van der Waals surface area contributed by atoms with E-state index in [2.05, 4.69) is 76.9 Å². The van der Waals surface area contributed by atoms with Crippen molar-refractivity contribution in [1.29, 1.82) is 0 Å². The Morgan fingerprint density at radius 3 is 1.11 bits per heavy atom. The normalized spacial score (nSPS) is 15.4. The van der Waals surface area contributed by atoms with Gasteiger partial charge in [-0.2, -0.15) is 0 Å². The molecule has 18 heavy (non-hydrogen) atoms. The molecule has 0 aromatic rings. The van der Waals surface area contributed by atoms with E-state index in [0.29, 0.717) is 0 Å². The molecular weight excluding hydrogens is 288 g/mol. The fourth-order valence-corrected chi connectivity index (χ4v) is 15.7. The highest BCUT2D eigenvalue weighted by Crippen LogP contribution is 2.22. The minimum absolute atomic E-state index is 1.19. The van der Waals surface area contributed by atoms with Crippen LogP contribution in [0.2, 0.25) is 65.5 Å². The molecule has 0 aromatic carbocycles. The molecule has 0 rings (SSSR count). The van der Waals surface area contributed by atoms with Crippen molar-refractivity contribution in [3.05, 3.63) is 11.4 Å². The lowest BCUT2D eigenvalue weighted by Crippen LogP contribution is -2.51. The van der Waals surface area contributed by atoms with E-state index in [4.69, 9.17) is 8.23 Å². The van der Waals surface area contributed by atoms with Crippen LogP contribution in [0, 0.1) is 0 Å². The highest BCUT2D eigenvalue weighted by Gasteiger charge is 2.38. The predicted molar refractivity (Wildman–Crippen MR) is 93.0 cm³/mol. The van der Waals surface area contributed by atoms with E-state index in [1.165, 1.54) is 0 Å². The second kappa shape index (κ2) is 5.88. The third kappa shape index (κ3) is 10.5. The average molecular weight is 321 g/mol. The summed E-state index contributed by atoms with van der Waals surface area (Å²) < 4.78 is 12.8. The summed E-state index contributed by atoms with van der Waals surface area (Å²) in [4.78, 5) is 0. The number of hydrogen-bond acceptors (Lipinski definition) is 2. The summed E-state index contributed by atoms with van der Waals surface area (Å²) in [5.41, 5.74) is 4.69. The topological polar surface area (TPSA) is 18.5 Å². The molecule has 0 aliphatic heterocycles. The summed E-state index contributed by atoms with van der Waals surface area (Å²) in [7, 11) is -6.48. The van der Waals surface area contributed by atoms with Gasteiger partial charge in [0.2, 0.25) is 0 Å². The van der Waals surface area contributed by atoms with Crippen molar-refractivity contribution in [3.63, 3.8) is 0 Å². The largest absolute Gasteiger partial charge is 0.434 e. The molecule has 0 unspecified atom stereocenters. The van der Waals surface area contributed by atoms with Crippen molar-refractivity contribution in [2.45, 2.75) is 65.5 Å². The van der Waals surface area contributed by atoms with E-state index in [-0.39, 0.29) is 0 Å². The van der Waals surface area contributed by atoms with Crippen molar-refractivity contribution < 1.29 is 8.23 Å². The average Bonchev–Trinajstić information content (AvgIpc) is 1.91. The molecule has 6 heteroatoms. The molecule has 108 valence electrons. The van der Waals surface area contributed by atoms with Gasteiger partial charge >= 0.3 is 8.56 Å².